The quantitative estimate of drug-likeness (QED) is 0.774. The van der Waals surface area contributed by atoms with Crippen LogP contribution >= 0.6 is 11.3 Å². The van der Waals surface area contributed by atoms with E-state index in [0.717, 1.165) is 16.8 Å². The number of hydrogen-bond acceptors (Lipinski definition) is 5. The average molecular weight is 288 g/mol. The van der Waals surface area contributed by atoms with Gasteiger partial charge >= 0.3 is 5.97 Å². The maximum Gasteiger partial charge on any atom is 0.339 e. The van der Waals surface area contributed by atoms with Gasteiger partial charge in [-0.1, -0.05) is 0 Å². The van der Waals surface area contributed by atoms with E-state index in [0.29, 0.717) is 11.3 Å². The van der Waals surface area contributed by atoms with Crippen LogP contribution in [0.15, 0.2) is 23.0 Å². The second-order valence-corrected chi connectivity index (χ2v) is 5.18. The molecule has 0 aliphatic carbocycles. The number of pyridine rings is 1. The lowest BCUT2D eigenvalue weighted by molar-refractivity contribution is 0.0697. The summed E-state index contributed by atoms with van der Waals surface area (Å²) in [4.78, 5) is 15.6. The molecule has 3 aromatic rings. The maximum absolute atomic E-state index is 11.4. The molecular weight excluding hydrogens is 276 g/mol. The minimum Gasteiger partial charge on any atom is -0.478 e. The van der Waals surface area contributed by atoms with Gasteiger partial charge in [0.05, 0.1) is 16.8 Å². The molecule has 0 aliphatic heterocycles. The van der Waals surface area contributed by atoms with Crippen LogP contribution in [0.4, 0.5) is 11.4 Å². The molecule has 0 fully saturated rings. The first-order valence-corrected chi connectivity index (χ1v) is 6.87. The third kappa shape index (κ3) is 1.92. The van der Waals surface area contributed by atoms with E-state index in [9.17, 15) is 9.90 Å². The van der Waals surface area contributed by atoms with Gasteiger partial charge in [0.1, 0.15) is 5.56 Å². The van der Waals surface area contributed by atoms with Crippen molar-refractivity contribution in [3.8, 4) is 0 Å². The lowest BCUT2D eigenvalue weighted by atomic mass is 10.1. The lowest BCUT2D eigenvalue weighted by Crippen LogP contribution is -2.05. The van der Waals surface area contributed by atoms with E-state index in [1.54, 1.807) is 23.1 Å². The first-order valence-electron chi connectivity index (χ1n) is 5.92. The lowest BCUT2D eigenvalue weighted by Gasteiger charge is -2.09. The number of anilines is 2. The Morgan fingerprint density at radius 3 is 2.95 bits per heavy atom. The van der Waals surface area contributed by atoms with E-state index < -0.39 is 5.97 Å². The Labute approximate surface area is 118 Å². The number of rotatable bonds is 3. The number of hydrogen-bond donors (Lipinski definition) is 2. The monoisotopic (exact) mass is 288 g/mol. The number of aromatic nitrogens is 3. The molecule has 0 saturated carbocycles. The Kier molecular flexibility index (Phi) is 2.90. The van der Waals surface area contributed by atoms with Crippen LogP contribution in [-0.4, -0.2) is 25.8 Å². The average Bonchev–Trinajstić information content (AvgIpc) is 2.99. The number of carboxylic acids is 1. The van der Waals surface area contributed by atoms with Crippen molar-refractivity contribution in [1.29, 1.82) is 0 Å². The molecule has 20 heavy (non-hydrogen) atoms. The molecule has 102 valence electrons. The van der Waals surface area contributed by atoms with E-state index in [1.807, 2.05) is 23.8 Å². The topological polar surface area (TPSA) is 80.0 Å². The van der Waals surface area contributed by atoms with E-state index >= 15 is 0 Å². The van der Waals surface area contributed by atoms with Gasteiger partial charge in [0.15, 0.2) is 5.65 Å². The third-order valence-electron chi connectivity index (χ3n) is 3.05. The van der Waals surface area contributed by atoms with Crippen LogP contribution in [0.25, 0.3) is 11.0 Å². The van der Waals surface area contributed by atoms with Crippen LogP contribution in [0, 0.1) is 6.92 Å². The molecule has 0 amide bonds. The van der Waals surface area contributed by atoms with Crippen LogP contribution in [0.2, 0.25) is 0 Å². The number of carboxylic acid groups (broad SMARTS) is 1. The molecule has 2 N–H and O–H groups in total. The van der Waals surface area contributed by atoms with E-state index in [1.165, 1.54) is 6.20 Å². The molecule has 0 atom stereocenters. The summed E-state index contributed by atoms with van der Waals surface area (Å²) >= 11 is 1.54. The van der Waals surface area contributed by atoms with E-state index in [-0.39, 0.29) is 5.56 Å². The van der Waals surface area contributed by atoms with Crippen molar-refractivity contribution in [1.82, 2.24) is 14.8 Å². The number of carbonyl (C=O) groups is 1. The molecule has 0 aliphatic rings. The summed E-state index contributed by atoms with van der Waals surface area (Å²) in [6, 6.07) is 1.90. The SMILES string of the molecule is Cc1nn(C)c2ncc(C(=O)O)c(Nc3ccsc3)c12. The van der Waals surface area contributed by atoms with Gasteiger partial charge in [-0.2, -0.15) is 16.4 Å². The highest BCUT2D eigenvalue weighted by atomic mass is 32.1. The second-order valence-electron chi connectivity index (χ2n) is 4.40. The van der Waals surface area contributed by atoms with E-state index in [4.69, 9.17) is 0 Å². The standard InChI is InChI=1S/C13H12N4O2S/c1-7-10-11(15-8-3-4-20-6-8)9(13(18)19)5-14-12(10)17(2)16-7/h3-6H,1-2H3,(H,14,15)(H,18,19). The first-order chi connectivity index (χ1) is 9.58. The predicted octanol–water partition coefficient (Wildman–Crippen LogP) is 2.78. The van der Waals surface area contributed by atoms with Crippen LogP contribution in [0.1, 0.15) is 16.1 Å². The highest BCUT2D eigenvalue weighted by Gasteiger charge is 2.19. The summed E-state index contributed by atoms with van der Waals surface area (Å²) < 4.78 is 1.65. The molecular formula is C13H12N4O2S. The van der Waals surface area contributed by atoms with Crippen molar-refractivity contribution in [3.63, 3.8) is 0 Å². The Hall–Kier alpha value is -2.41. The molecule has 6 nitrogen and oxygen atoms in total. The molecule has 0 saturated heterocycles. The Morgan fingerprint density at radius 2 is 2.30 bits per heavy atom. The molecule has 3 aromatic heterocycles. The van der Waals surface area contributed by atoms with Crippen molar-refractivity contribution in [2.24, 2.45) is 7.05 Å². The largest absolute Gasteiger partial charge is 0.478 e. The van der Waals surface area contributed by atoms with Crippen LogP contribution in [-0.2, 0) is 7.05 Å². The van der Waals surface area contributed by atoms with Gasteiger partial charge in [-0.05, 0) is 18.4 Å². The molecule has 3 heterocycles. The number of aryl methyl sites for hydroxylation is 2. The summed E-state index contributed by atoms with van der Waals surface area (Å²) in [6.45, 7) is 1.84. The summed E-state index contributed by atoms with van der Waals surface area (Å²) in [7, 11) is 1.79. The van der Waals surface area contributed by atoms with Gasteiger partial charge in [0, 0.05) is 24.3 Å². The van der Waals surface area contributed by atoms with Gasteiger partial charge < -0.3 is 10.4 Å². The molecule has 0 unspecified atom stereocenters. The Morgan fingerprint density at radius 1 is 1.50 bits per heavy atom. The van der Waals surface area contributed by atoms with Crippen molar-refractivity contribution < 1.29 is 9.90 Å². The van der Waals surface area contributed by atoms with Gasteiger partial charge in [-0.3, -0.25) is 4.68 Å². The molecule has 0 aromatic carbocycles. The summed E-state index contributed by atoms with van der Waals surface area (Å²) in [6.07, 6.45) is 1.36. The first kappa shape index (κ1) is 12.6. The van der Waals surface area contributed by atoms with Gasteiger partial charge in [0.2, 0.25) is 0 Å². The number of fused-ring (bicyclic) bond motifs is 1. The van der Waals surface area contributed by atoms with Gasteiger partial charge in [-0.15, -0.1) is 0 Å². The van der Waals surface area contributed by atoms with E-state index in [2.05, 4.69) is 15.4 Å². The highest BCUT2D eigenvalue weighted by Crippen LogP contribution is 2.31. The summed E-state index contributed by atoms with van der Waals surface area (Å²) in [5, 5.41) is 21.4. The summed E-state index contributed by atoms with van der Waals surface area (Å²) in [5.41, 5.74) is 2.93. The fourth-order valence-corrected chi connectivity index (χ4v) is 2.77. The fraction of sp³-hybridized carbons (Fsp3) is 0.154. The zero-order valence-electron chi connectivity index (χ0n) is 10.9. The second kappa shape index (κ2) is 4.61. The van der Waals surface area contributed by atoms with Crippen molar-refractivity contribution >= 4 is 39.7 Å². The molecule has 0 radical (unpaired) electrons. The van der Waals surface area contributed by atoms with Crippen LogP contribution < -0.4 is 5.32 Å². The van der Waals surface area contributed by atoms with Crippen molar-refractivity contribution in [2.45, 2.75) is 6.92 Å². The zero-order valence-corrected chi connectivity index (χ0v) is 11.7. The Bertz CT molecular complexity index is 792. The minimum atomic E-state index is -1.01. The van der Waals surface area contributed by atoms with Crippen LogP contribution in [0.5, 0.6) is 0 Å². The predicted molar refractivity (Wildman–Crippen MR) is 77.8 cm³/mol. The van der Waals surface area contributed by atoms with Crippen molar-refractivity contribution in [3.05, 3.63) is 34.3 Å². The summed E-state index contributed by atoms with van der Waals surface area (Å²) in [5.74, 6) is -1.01. The number of thiophene rings is 1. The van der Waals surface area contributed by atoms with Gasteiger partial charge in [0.25, 0.3) is 0 Å². The Balaban J connectivity index is 2.29. The maximum atomic E-state index is 11.4. The normalized spacial score (nSPS) is 10.9. The number of nitrogens with one attached hydrogen (secondary N) is 1. The highest BCUT2D eigenvalue weighted by molar-refractivity contribution is 7.08. The van der Waals surface area contributed by atoms with Gasteiger partial charge in [-0.25, -0.2) is 9.78 Å². The number of aromatic carboxylic acids is 1. The molecule has 7 heteroatoms. The zero-order chi connectivity index (χ0) is 14.3. The van der Waals surface area contributed by atoms with Crippen LogP contribution in [0.3, 0.4) is 0 Å². The molecule has 3 rings (SSSR count). The minimum absolute atomic E-state index is 0.139. The van der Waals surface area contributed by atoms with Crippen molar-refractivity contribution in [2.75, 3.05) is 5.32 Å². The number of nitrogens with zero attached hydrogens (tertiary/aromatic N) is 3. The molecule has 0 spiro atoms. The molecule has 0 bridgehead atoms. The smallest absolute Gasteiger partial charge is 0.339 e. The fourth-order valence-electron chi connectivity index (χ4n) is 2.18. The third-order valence-corrected chi connectivity index (χ3v) is 3.73.